The van der Waals surface area contributed by atoms with Crippen LogP contribution in [-0.4, -0.2) is 33.0 Å². The average molecular weight is 390 g/mol. The van der Waals surface area contributed by atoms with Crippen LogP contribution in [-0.2, 0) is 7.05 Å². The highest BCUT2D eigenvalue weighted by Crippen LogP contribution is 2.32. The van der Waals surface area contributed by atoms with Crippen LogP contribution in [0.25, 0.3) is 22.4 Å². The standard InChI is InChI=1S/C23H26N4O2/c1-26-13-12-17(15-23(26)29)16-8-9-19(21(28)14-16)20-10-11-22(25-24-20)27(2)18-6-4-3-5-7-18/h8-15,18,28H,3-7H2,1-2H3. The third-order valence-corrected chi connectivity index (χ3v) is 5.85. The van der Waals surface area contributed by atoms with Crippen molar-refractivity contribution in [1.82, 2.24) is 14.8 Å². The van der Waals surface area contributed by atoms with Crippen molar-refractivity contribution in [2.45, 2.75) is 38.1 Å². The number of nitrogens with zero attached hydrogens (tertiary/aromatic N) is 4. The van der Waals surface area contributed by atoms with Crippen molar-refractivity contribution in [2.24, 2.45) is 7.05 Å². The smallest absolute Gasteiger partial charge is 0.250 e. The first-order chi connectivity index (χ1) is 14.0. The van der Waals surface area contributed by atoms with Gasteiger partial charge in [-0.2, -0.15) is 0 Å². The summed E-state index contributed by atoms with van der Waals surface area (Å²) in [6.45, 7) is 0. The summed E-state index contributed by atoms with van der Waals surface area (Å²) in [6.07, 6.45) is 7.98. The number of aromatic hydroxyl groups is 1. The Bertz CT molecular complexity index is 1050. The zero-order valence-electron chi connectivity index (χ0n) is 16.9. The maximum absolute atomic E-state index is 11.9. The van der Waals surface area contributed by atoms with Crippen LogP contribution in [0.1, 0.15) is 32.1 Å². The van der Waals surface area contributed by atoms with Crippen LogP contribution < -0.4 is 10.5 Å². The first kappa shape index (κ1) is 19.2. The van der Waals surface area contributed by atoms with Gasteiger partial charge in [0.15, 0.2) is 5.82 Å². The molecule has 4 rings (SSSR count). The van der Waals surface area contributed by atoms with Crippen LogP contribution in [0.3, 0.4) is 0 Å². The number of phenolic OH excluding ortho intramolecular Hbond substituents is 1. The fraction of sp³-hybridized carbons (Fsp3) is 0.348. The highest BCUT2D eigenvalue weighted by atomic mass is 16.3. The SMILES string of the molecule is CN(c1ccc(-c2ccc(-c3ccn(C)c(=O)c3)cc2O)nn1)C1CCCCC1. The molecule has 0 amide bonds. The number of phenols is 1. The van der Waals surface area contributed by atoms with E-state index in [0.29, 0.717) is 17.3 Å². The minimum absolute atomic E-state index is 0.0883. The highest BCUT2D eigenvalue weighted by Gasteiger charge is 2.19. The number of rotatable bonds is 4. The number of aromatic nitrogens is 3. The van der Waals surface area contributed by atoms with Crippen molar-refractivity contribution in [3.63, 3.8) is 0 Å². The Hall–Kier alpha value is -3.15. The second-order valence-corrected chi connectivity index (χ2v) is 7.78. The molecule has 3 aromatic rings. The number of hydrogen-bond donors (Lipinski definition) is 1. The zero-order chi connectivity index (χ0) is 20.4. The third kappa shape index (κ3) is 4.01. The molecule has 150 valence electrons. The Morgan fingerprint density at radius 3 is 2.41 bits per heavy atom. The Morgan fingerprint density at radius 1 is 1.00 bits per heavy atom. The molecule has 1 fully saturated rings. The molecule has 1 aliphatic rings. The molecule has 2 heterocycles. The van der Waals surface area contributed by atoms with Crippen molar-refractivity contribution in [3.8, 4) is 28.1 Å². The van der Waals surface area contributed by atoms with Gasteiger partial charge in [-0.05, 0) is 54.3 Å². The first-order valence-electron chi connectivity index (χ1n) is 10.1. The molecule has 0 saturated heterocycles. The minimum Gasteiger partial charge on any atom is -0.507 e. The molecule has 1 aliphatic carbocycles. The molecule has 0 spiro atoms. The Kier molecular flexibility index (Phi) is 5.34. The van der Waals surface area contributed by atoms with Crippen molar-refractivity contribution < 1.29 is 5.11 Å². The summed E-state index contributed by atoms with van der Waals surface area (Å²) in [5, 5.41) is 19.3. The second kappa shape index (κ2) is 8.07. The van der Waals surface area contributed by atoms with Crippen molar-refractivity contribution >= 4 is 5.82 Å². The second-order valence-electron chi connectivity index (χ2n) is 7.78. The van der Waals surface area contributed by atoms with Crippen LogP contribution in [0.2, 0.25) is 0 Å². The molecular weight excluding hydrogens is 364 g/mol. The van der Waals surface area contributed by atoms with E-state index in [1.54, 1.807) is 25.4 Å². The molecule has 1 N–H and O–H groups in total. The lowest BCUT2D eigenvalue weighted by Gasteiger charge is -2.31. The van der Waals surface area contributed by atoms with Gasteiger partial charge in [-0.3, -0.25) is 4.79 Å². The zero-order valence-corrected chi connectivity index (χ0v) is 16.9. The summed E-state index contributed by atoms with van der Waals surface area (Å²) in [5.41, 5.74) is 2.71. The number of anilines is 1. The van der Waals surface area contributed by atoms with Crippen LogP contribution >= 0.6 is 0 Å². The topological polar surface area (TPSA) is 71.2 Å². The van der Waals surface area contributed by atoms with Gasteiger partial charge in [-0.25, -0.2) is 0 Å². The van der Waals surface area contributed by atoms with E-state index in [0.717, 1.165) is 16.9 Å². The van der Waals surface area contributed by atoms with E-state index in [1.807, 2.05) is 30.3 Å². The van der Waals surface area contributed by atoms with Crippen LogP contribution in [0.4, 0.5) is 5.82 Å². The monoisotopic (exact) mass is 390 g/mol. The van der Waals surface area contributed by atoms with Gasteiger partial charge in [-0.15, -0.1) is 10.2 Å². The fourth-order valence-corrected chi connectivity index (χ4v) is 3.97. The van der Waals surface area contributed by atoms with Crippen molar-refractivity contribution in [3.05, 3.63) is 59.0 Å². The van der Waals surface area contributed by atoms with Gasteiger partial charge in [0, 0.05) is 38.0 Å². The summed E-state index contributed by atoms with van der Waals surface area (Å²) in [6, 6.07) is 13.2. The number of pyridine rings is 1. The van der Waals surface area contributed by atoms with E-state index in [2.05, 4.69) is 22.1 Å². The molecule has 0 aliphatic heterocycles. The first-order valence-corrected chi connectivity index (χ1v) is 10.1. The van der Waals surface area contributed by atoms with Gasteiger partial charge in [0.1, 0.15) is 5.75 Å². The van der Waals surface area contributed by atoms with Crippen LogP contribution in [0, 0.1) is 0 Å². The number of hydrogen-bond acceptors (Lipinski definition) is 5. The van der Waals surface area contributed by atoms with Gasteiger partial charge in [0.25, 0.3) is 5.56 Å². The fourth-order valence-electron chi connectivity index (χ4n) is 3.97. The predicted octanol–water partition coefficient (Wildman–Crippen LogP) is 3.98. The number of aryl methyl sites for hydroxylation is 1. The van der Waals surface area contributed by atoms with E-state index >= 15 is 0 Å². The Morgan fingerprint density at radius 2 is 1.76 bits per heavy atom. The molecule has 0 unspecified atom stereocenters. The van der Waals surface area contributed by atoms with Gasteiger partial charge >= 0.3 is 0 Å². The normalized spacial score (nSPS) is 14.7. The maximum atomic E-state index is 11.9. The summed E-state index contributed by atoms with van der Waals surface area (Å²) in [4.78, 5) is 14.1. The van der Waals surface area contributed by atoms with E-state index in [1.165, 1.54) is 36.7 Å². The molecule has 1 saturated carbocycles. The minimum atomic E-state index is -0.0883. The lowest BCUT2D eigenvalue weighted by atomic mass is 9.94. The van der Waals surface area contributed by atoms with Gasteiger partial charge in [-0.1, -0.05) is 25.3 Å². The van der Waals surface area contributed by atoms with Crippen molar-refractivity contribution in [1.29, 1.82) is 0 Å². The molecule has 0 radical (unpaired) electrons. The summed E-state index contributed by atoms with van der Waals surface area (Å²) in [5.74, 6) is 0.975. The average Bonchev–Trinajstić information content (AvgIpc) is 2.76. The summed E-state index contributed by atoms with van der Waals surface area (Å²) in [7, 11) is 3.79. The lowest BCUT2D eigenvalue weighted by molar-refractivity contribution is 0.425. The predicted molar refractivity (Wildman–Crippen MR) is 115 cm³/mol. The van der Waals surface area contributed by atoms with E-state index in [-0.39, 0.29) is 11.3 Å². The van der Waals surface area contributed by atoms with Gasteiger partial charge in [0.05, 0.1) is 5.69 Å². The van der Waals surface area contributed by atoms with Crippen LogP contribution in [0.5, 0.6) is 5.75 Å². The van der Waals surface area contributed by atoms with Gasteiger partial charge in [0.2, 0.25) is 0 Å². The highest BCUT2D eigenvalue weighted by molar-refractivity contribution is 5.74. The third-order valence-electron chi connectivity index (χ3n) is 5.85. The van der Waals surface area contributed by atoms with Gasteiger partial charge < -0.3 is 14.6 Å². The molecule has 29 heavy (non-hydrogen) atoms. The largest absolute Gasteiger partial charge is 0.507 e. The molecular formula is C23H26N4O2. The molecule has 0 bridgehead atoms. The quantitative estimate of drug-likeness (QED) is 0.729. The molecule has 6 heteroatoms. The Balaban J connectivity index is 1.56. The summed E-state index contributed by atoms with van der Waals surface area (Å²) < 4.78 is 1.51. The van der Waals surface area contributed by atoms with Crippen LogP contribution in [0.15, 0.2) is 53.5 Å². The molecule has 2 aromatic heterocycles. The molecule has 6 nitrogen and oxygen atoms in total. The van der Waals surface area contributed by atoms with E-state index < -0.39 is 0 Å². The number of benzene rings is 1. The molecule has 0 atom stereocenters. The maximum Gasteiger partial charge on any atom is 0.250 e. The lowest BCUT2D eigenvalue weighted by Crippen LogP contribution is -2.34. The Labute approximate surface area is 170 Å². The van der Waals surface area contributed by atoms with E-state index in [4.69, 9.17) is 0 Å². The van der Waals surface area contributed by atoms with E-state index in [9.17, 15) is 9.90 Å². The summed E-state index contributed by atoms with van der Waals surface area (Å²) >= 11 is 0. The molecule has 1 aromatic carbocycles. The van der Waals surface area contributed by atoms with Crippen molar-refractivity contribution in [2.75, 3.05) is 11.9 Å².